The summed E-state index contributed by atoms with van der Waals surface area (Å²) in [4.78, 5) is 0. The fraction of sp³-hybridized carbons (Fsp3) is 0.250. The Kier molecular flexibility index (Phi) is 3.09. The van der Waals surface area contributed by atoms with Crippen LogP contribution in [0.1, 0.15) is 23.6 Å². The molecule has 0 saturated carbocycles. The zero-order chi connectivity index (χ0) is 11.5. The standard InChI is InChI=1S/C16H18/c1-4-14-6-5-7-15(11-14)16-9-8-12(2)13(3)10-16/h5-11H,4H2,1-3H3. The van der Waals surface area contributed by atoms with Gasteiger partial charge in [-0.2, -0.15) is 0 Å². The highest BCUT2D eigenvalue weighted by atomic mass is 14.0. The third-order valence-electron chi connectivity index (χ3n) is 3.18. The van der Waals surface area contributed by atoms with Crippen molar-refractivity contribution in [1.82, 2.24) is 0 Å². The van der Waals surface area contributed by atoms with Crippen molar-refractivity contribution >= 4 is 0 Å². The molecule has 0 amide bonds. The second-order valence-corrected chi connectivity index (χ2v) is 4.35. The van der Waals surface area contributed by atoms with Gasteiger partial charge in [-0.1, -0.05) is 49.4 Å². The van der Waals surface area contributed by atoms with Crippen molar-refractivity contribution in [3.63, 3.8) is 0 Å². The molecule has 0 bridgehead atoms. The molecule has 0 heteroatoms. The van der Waals surface area contributed by atoms with Crippen LogP contribution in [0.2, 0.25) is 0 Å². The van der Waals surface area contributed by atoms with Crippen molar-refractivity contribution in [2.45, 2.75) is 27.2 Å². The molecule has 82 valence electrons. The minimum Gasteiger partial charge on any atom is -0.0614 e. The summed E-state index contributed by atoms with van der Waals surface area (Å²) in [6, 6.07) is 15.5. The smallest absolute Gasteiger partial charge is 0.0181 e. The first-order chi connectivity index (χ1) is 7.70. The molecule has 2 rings (SSSR count). The zero-order valence-corrected chi connectivity index (χ0v) is 10.2. The Hall–Kier alpha value is -1.56. The number of hydrogen-bond donors (Lipinski definition) is 0. The Morgan fingerprint density at radius 1 is 0.812 bits per heavy atom. The van der Waals surface area contributed by atoms with E-state index in [0.717, 1.165) is 6.42 Å². The first-order valence-electron chi connectivity index (χ1n) is 5.87. The first-order valence-corrected chi connectivity index (χ1v) is 5.87. The maximum Gasteiger partial charge on any atom is -0.0181 e. The van der Waals surface area contributed by atoms with E-state index >= 15 is 0 Å². The number of rotatable bonds is 2. The van der Waals surface area contributed by atoms with Gasteiger partial charge in [0.05, 0.1) is 0 Å². The van der Waals surface area contributed by atoms with Gasteiger partial charge in [0.15, 0.2) is 0 Å². The predicted molar refractivity (Wildman–Crippen MR) is 70.7 cm³/mol. The normalized spacial score (nSPS) is 10.4. The molecule has 0 spiro atoms. The van der Waals surface area contributed by atoms with Gasteiger partial charge >= 0.3 is 0 Å². The predicted octanol–water partition coefficient (Wildman–Crippen LogP) is 4.53. The SMILES string of the molecule is CCc1cccc(-c2ccc(C)c(C)c2)c1. The summed E-state index contributed by atoms with van der Waals surface area (Å²) in [7, 11) is 0. The average molecular weight is 210 g/mol. The number of hydrogen-bond acceptors (Lipinski definition) is 0. The molecule has 0 saturated heterocycles. The molecule has 0 N–H and O–H groups in total. The minimum atomic E-state index is 1.10. The maximum atomic E-state index is 2.28. The minimum absolute atomic E-state index is 1.10. The second-order valence-electron chi connectivity index (χ2n) is 4.35. The molecule has 0 radical (unpaired) electrons. The molecule has 0 heterocycles. The van der Waals surface area contributed by atoms with E-state index in [-0.39, 0.29) is 0 Å². The molecule has 0 aromatic heterocycles. The van der Waals surface area contributed by atoms with Gasteiger partial charge in [0.25, 0.3) is 0 Å². The molecule has 2 aromatic carbocycles. The highest BCUT2D eigenvalue weighted by Crippen LogP contribution is 2.23. The Balaban J connectivity index is 2.46. The second kappa shape index (κ2) is 4.52. The summed E-state index contributed by atoms with van der Waals surface area (Å²) in [5.74, 6) is 0. The van der Waals surface area contributed by atoms with E-state index in [0.29, 0.717) is 0 Å². The van der Waals surface area contributed by atoms with Gasteiger partial charge in [-0.05, 0) is 48.1 Å². The molecule has 0 atom stereocenters. The van der Waals surface area contributed by atoms with E-state index in [1.54, 1.807) is 0 Å². The lowest BCUT2D eigenvalue weighted by Gasteiger charge is -2.07. The molecule has 0 aliphatic carbocycles. The van der Waals surface area contributed by atoms with Gasteiger partial charge in [0.2, 0.25) is 0 Å². The van der Waals surface area contributed by atoms with Crippen LogP contribution >= 0.6 is 0 Å². The molecule has 2 aromatic rings. The van der Waals surface area contributed by atoms with Crippen LogP contribution in [0.3, 0.4) is 0 Å². The third kappa shape index (κ3) is 2.16. The summed E-state index contributed by atoms with van der Waals surface area (Å²) in [6.45, 7) is 6.52. The number of aryl methyl sites for hydroxylation is 3. The lowest BCUT2D eigenvalue weighted by Crippen LogP contribution is -1.85. The van der Waals surface area contributed by atoms with E-state index in [1.807, 2.05) is 0 Å². The van der Waals surface area contributed by atoms with Crippen molar-refractivity contribution in [2.24, 2.45) is 0 Å². The van der Waals surface area contributed by atoms with Crippen LogP contribution in [0.4, 0.5) is 0 Å². The van der Waals surface area contributed by atoms with E-state index in [4.69, 9.17) is 0 Å². The van der Waals surface area contributed by atoms with Gasteiger partial charge in [-0.25, -0.2) is 0 Å². The van der Waals surface area contributed by atoms with Crippen LogP contribution in [0, 0.1) is 13.8 Å². The van der Waals surface area contributed by atoms with Crippen molar-refractivity contribution in [3.8, 4) is 11.1 Å². The molecule has 0 aliphatic heterocycles. The Bertz CT molecular complexity index is 495. The largest absolute Gasteiger partial charge is 0.0614 e. The van der Waals surface area contributed by atoms with E-state index < -0.39 is 0 Å². The fourth-order valence-electron chi connectivity index (χ4n) is 1.89. The maximum absolute atomic E-state index is 2.28. The van der Waals surface area contributed by atoms with Crippen LogP contribution in [-0.4, -0.2) is 0 Å². The van der Waals surface area contributed by atoms with Crippen molar-refractivity contribution in [1.29, 1.82) is 0 Å². The third-order valence-corrected chi connectivity index (χ3v) is 3.18. The van der Waals surface area contributed by atoms with Crippen LogP contribution in [0.15, 0.2) is 42.5 Å². The lowest BCUT2D eigenvalue weighted by atomic mass is 9.98. The van der Waals surface area contributed by atoms with Crippen molar-refractivity contribution in [3.05, 3.63) is 59.2 Å². The molecule has 0 unspecified atom stereocenters. The summed E-state index contributed by atoms with van der Waals surface area (Å²) < 4.78 is 0. The average Bonchev–Trinajstić information content (AvgIpc) is 2.33. The van der Waals surface area contributed by atoms with Gasteiger partial charge in [-0.3, -0.25) is 0 Å². The van der Waals surface area contributed by atoms with Gasteiger partial charge in [0, 0.05) is 0 Å². The van der Waals surface area contributed by atoms with Crippen LogP contribution in [-0.2, 0) is 6.42 Å². The summed E-state index contributed by atoms with van der Waals surface area (Å²) in [5, 5.41) is 0. The number of benzene rings is 2. The summed E-state index contributed by atoms with van der Waals surface area (Å²) in [6.07, 6.45) is 1.10. The van der Waals surface area contributed by atoms with Crippen LogP contribution in [0.25, 0.3) is 11.1 Å². The molecule has 0 fully saturated rings. The zero-order valence-electron chi connectivity index (χ0n) is 10.2. The topological polar surface area (TPSA) is 0 Å². The molecular formula is C16H18. The summed E-state index contributed by atoms with van der Waals surface area (Å²) in [5.41, 5.74) is 6.76. The fourth-order valence-corrected chi connectivity index (χ4v) is 1.89. The molecule has 0 nitrogen and oxygen atoms in total. The molecular weight excluding hydrogens is 192 g/mol. The van der Waals surface area contributed by atoms with Crippen molar-refractivity contribution < 1.29 is 0 Å². The van der Waals surface area contributed by atoms with Crippen molar-refractivity contribution in [2.75, 3.05) is 0 Å². The van der Waals surface area contributed by atoms with E-state index in [2.05, 4.69) is 63.2 Å². The van der Waals surface area contributed by atoms with E-state index in [9.17, 15) is 0 Å². The molecule has 0 aliphatic rings. The van der Waals surface area contributed by atoms with Gasteiger partial charge < -0.3 is 0 Å². The Labute approximate surface area is 97.9 Å². The highest BCUT2D eigenvalue weighted by Gasteiger charge is 2.00. The lowest BCUT2D eigenvalue weighted by molar-refractivity contribution is 1.14. The quantitative estimate of drug-likeness (QED) is 0.683. The van der Waals surface area contributed by atoms with Crippen LogP contribution < -0.4 is 0 Å². The Morgan fingerprint density at radius 2 is 1.56 bits per heavy atom. The Morgan fingerprint density at radius 3 is 2.25 bits per heavy atom. The summed E-state index contributed by atoms with van der Waals surface area (Å²) >= 11 is 0. The van der Waals surface area contributed by atoms with E-state index in [1.165, 1.54) is 27.8 Å². The molecule has 16 heavy (non-hydrogen) atoms. The first kappa shape index (κ1) is 10.9. The van der Waals surface area contributed by atoms with Crippen LogP contribution in [0.5, 0.6) is 0 Å². The van der Waals surface area contributed by atoms with Gasteiger partial charge in [-0.15, -0.1) is 0 Å². The monoisotopic (exact) mass is 210 g/mol. The van der Waals surface area contributed by atoms with Gasteiger partial charge in [0.1, 0.15) is 0 Å². The highest BCUT2D eigenvalue weighted by molar-refractivity contribution is 5.65.